The molecule has 2 aromatic carbocycles. The van der Waals surface area contributed by atoms with E-state index in [4.69, 9.17) is 9.47 Å². The summed E-state index contributed by atoms with van der Waals surface area (Å²) in [6.45, 7) is 0.348. The number of benzene rings is 2. The van der Waals surface area contributed by atoms with Gasteiger partial charge in [0.1, 0.15) is 5.82 Å². The predicted molar refractivity (Wildman–Crippen MR) is 104 cm³/mol. The Morgan fingerprint density at radius 2 is 1.86 bits per heavy atom. The molecule has 0 bridgehead atoms. The van der Waals surface area contributed by atoms with Crippen LogP contribution in [-0.2, 0) is 9.59 Å². The van der Waals surface area contributed by atoms with Crippen LogP contribution >= 0.6 is 0 Å². The van der Waals surface area contributed by atoms with Crippen molar-refractivity contribution in [1.29, 1.82) is 0 Å². The number of carbonyl (C=O) groups is 2. The highest BCUT2D eigenvalue weighted by Crippen LogP contribution is 2.28. The number of hydrogen-bond acceptors (Lipinski definition) is 4. The summed E-state index contributed by atoms with van der Waals surface area (Å²) in [5.74, 6) is 0.408. The average Bonchev–Trinajstić information content (AvgIpc) is 3.06. The van der Waals surface area contributed by atoms with Crippen molar-refractivity contribution >= 4 is 23.6 Å². The molecular weight excluding hydrogens is 363 g/mol. The molecule has 0 saturated carbocycles. The molecule has 6 nitrogen and oxygen atoms in total. The normalized spacial score (nSPS) is 16.5. The smallest absolute Gasteiger partial charge is 0.244 e. The van der Waals surface area contributed by atoms with Crippen LogP contribution in [0.2, 0.25) is 0 Å². The molecule has 0 aliphatic carbocycles. The molecule has 2 aromatic rings. The van der Waals surface area contributed by atoms with Crippen LogP contribution in [0.25, 0.3) is 6.08 Å². The van der Waals surface area contributed by atoms with Gasteiger partial charge in [0, 0.05) is 24.7 Å². The summed E-state index contributed by atoms with van der Waals surface area (Å²) in [6.07, 6.45) is 3.27. The molecule has 7 heteroatoms. The van der Waals surface area contributed by atoms with E-state index in [2.05, 4.69) is 5.32 Å². The maximum absolute atomic E-state index is 13.1. The van der Waals surface area contributed by atoms with Crippen LogP contribution in [0.1, 0.15) is 12.0 Å². The number of amides is 2. The van der Waals surface area contributed by atoms with E-state index in [-0.39, 0.29) is 30.1 Å². The molecule has 1 heterocycles. The van der Waals surface area contributed by atoms with Gasteiger partial charge in [0.25, 0.3) is 0 Å². The fourth-order valence-corrected chi connectivity index (χ4v) is 3.05. The zero-order valence-corrected chi connectivity index (χ0v) is 15.6. The average molecular weight is 384 g/mol. The molecule has 146 valence electrons. The molecule has 1 aliphatic rings. The molecule has 28 heavy (non-hydrogen) atoms. The first-order valence-corrected chi connectivity index (χ1v) is 8.76. The summed E-state index contributed by atoms with van der Waals surface area (Å²) < 4.78 is 23.5. The van der Waals surface area contributed by atoms with Crippen LogP contribution in [0.15, 0.2) is 48.5 Å². The Balaban J connectivity index is 1.60. The number of hydrogen-bond donors (Lipinski definition) is 1. The maximum atomic E-state index is 13.1. The van der Waals surface area contributed by atoms with Crippen molar-refractivity contribution in [3.05, 3.63) is 59.9 Å². The summed E-state index contributed by atoms with van der Waals surface area (Å²) in [7, 11) is 3.10. The van der Waals surface area contributed by atoms with Crippen molar-refractivity contribution < 1.29 is 23.5 Å². The molecule has 1 atom stereocenters. The molecule has 3 rings (SSSR count). The SMILES string of the molecule is COc1ccc(/C=C/C(=O)NC2CC(=O)N(c3ccc(F)cc3)C2)cc1OC. The zero-order valence-electron chi connectivity index (χ0n) is 15.6. The number of carbonyl (C=O) groups excluding carboxylic acids is 2. The van der Waals surface area contributed by atoms with Gasteiger partial charge in [-0.05, 0) is 48.0 Å². The second kappa shape index (κ2) is 8.56. The molecule has 0 radical (unpaired) electrons. The highest BCUT2D eigenvalue weighted by molar-refractivity contribution is 5.98. The summed E-state index contributed by atoms with van der Waals surface area (Å²) in [5.41, 5.74) is 1.40. The lowest BCUT2D eigenvalue weighted by atomic mass is 10.2. The second-order valence-corrected chi connectivity index (χ2v) is 6.34. The third kappa shape index (κ3) is 4.49. The van der Waals surface area contributed by atoms with Gasteiger partial charge in [-0.2, -0.15) is 0 Å². The number of halogens is 1. The van der Waals surface area contributed by atoms with Gasteiger partial charge >= 0.3 is 0 Å². The highest BCUT2D eigenvalue weighted by Gasteiger charge is 2.31. The van der Waals surface area contributed by atoms with E-state index < -0.39 is 0 Å². The second-order valence-electron chi connectivity index (χ2n) is 6.34. The van der Waals surface area contributed by atoms with E-state index in [0.717, 1.165) is 5.56 Å². The van der Waals surface area contributed by atoms with Crippen LogP contribution in [0.5, 0.6) is 11.5 Å². The molecule has 1 aliphatic heterocycles. The molecule has 0 spiro atoms. The first-order valence-electron chi connectivity index (χ1n) is 8.76. The number of ether oxygens (including phenoxy) is 2. The summed E-state index contributed by atoms with van der Waals surface area (Å²) in [5, 5.41) is 2.82. The van der Waals surface area contributed by atoms with Crippen molar-refractivity contribution in [1.82, 2.24) is 5.32 Å². The maximum Gasteiger partial charge on any atom is 0.244 e. The first-order chi connectivity index (χ1) is 13.5. The molecule has 1 fully saturated rings. The van der Waals surface area contributed by atoms with Crippen molar-refractivity contribution in [2.24, 2.45) is 0 Å². The van der Waals surface area contributed by atoms with Gasteiger partial charge in [0.15, 0.2) is 11.5 Å². The van der Waals surface area contributed by atoms with E-state index in [0.29, 0.717) is 23.7 Å². The third-order valence-corrected chi connectivity index (χ3v) is 4.44. The van der Waals surface area contributed by atoms with Gasteiger partial charge in [-0.3, -0.25) is 9.59 Å². The lowest BCUT2D eigenvalue weighted by Gasteiger charge is -2.16. The molecule has 0 aromatic heterocycles. The van der Waals surface area contributed by atoms with Gasteiger partial charge in [0.05, 0.1) is 20.3 Å². The molecule has 1 saturated heterocycles. The van der Waals surface area contributed by atoms with Gasteiger partial charge in [0.2, 0.25) is 11.8 Å². The van der Waals surface area contributed by atoms with Crippen LogP contribution in [0.3, 0.4) is 0 Å². The summed E-state index contributed by atoms with van der Waals surface area (Å²) >= 11 is 0. The van der Waals surface area contributed by atoms with Crippen molar-refractivity contribution in [2.75, 3.05) is 25.7 Å². The number of rotatable bonds is 6. The quantitative estimate of drug-likeness (QED) is 0.778. The largest absolute Gasteiger partial charge is 0.493 e. The minimum atomic E-state index is -0.361. The molecule has 1 N–H and O–H groups in total. The van der Waals surface area contributed by atoms with E-state index in [1.165, 1.54) is 18.2 Å². The third-order valence-electron chi connectivity index (χ3n) is 4.44. The van der Waals surface area contributed by atoms with Gasteiger partial charge in [-0.25, -0.2) is 4.39 Å². The highest BCUT2D eigenvalue weighted by atomic mass is 19.1. The van der Waals surface area contributed by atoms with E-state index in [1.807, 2.05) is 0 Å². The van der Waals surface area contributed by atoms with Gasteiger partial charge < -0.3 is 19.7 Å². The van der Waals surface area contributed by atoms with Crippen LogP contribution < -0.4 is 19.7 Å². The fraction of sp³-hybridized carbons (Fsp3) is 0.238. The van der Waals surface area contributed by atoms with Gasteiger partial charge in [-0.15, -0.1) is 0 Å². The molecule has 1 unspecified atom stereocenters. The topological polar surface area (TPSA) is 67.9 Å². The Morgan fingerprint density at radius 3 is 2.54 bits per heavy atom. The Labute approximate surface area is 162 Å². The van der Waals surface area contributed by atoms with Crippen LogP contribution in [-0.4, -0.2) is 38.6 Å². The monoisotopic (exact) mass is 384 g/mol. The molecule has 2 amide bonds. The Kier molecular flexibility index (Phi) is 5.93. The van der Waals surface area contributed by atoms with Crippen LogP contribution in [0, 0.1) is 5.82 Å². The Morgan fingerprint density at radius 1 is 1.14 bits per heavy atom. The number of anilines is 1. The lowest BCUT2D eigenvalue weighted by molar-refractivity contribution is -0.117. The first kappa shape index (κ1) is 19.4. The lowest BCUT2D eigenvalue weighted by Crippen LogP contribution is -2.36. The minimum absolute atomic E-state index is 0.110. The van der Waals surface area contributed by atoms with Crippen LogP contribution in [0.4, 0.5) is 10.1 Å². The predicted octanol–water partition coefficient (Wildman–Crippen LogP) is 2.78. The Bertz CT molecular complexity index is 896. The van der Waals surface area contributed by atoms with Crippen molar-refractivity contribution in [3.63, 3.8) is 0 Å². The number of nitrogens with zero attached hydrogens (tertiary/aromatic N) is 1. The van der Waals surface area contributed by atoms with E-state index in [1.54, 1.807) is 55.5 Å². The molecular formula is C21H21FN2O4. The fourth-order valence-electron chi connectivity index (χ4n) is 3.05. The summed E-state index contributed by atoms with van der Waals surface area (Å²) in [6, 6.07) is 10.7. The van der Waals surface area contributed by atoms with E-state index in [9.17, 15) is 14.0 Å². The van der Waals surface area contributed by atoms with Crippen molar-refractivity contribution in [3.8, 4) is 11.5 Å². The minimum Gasteiger partial charge on any atom is -0.493 e. The summed E-state index contributed by atoms with van der Waals surface area (Å²) in [4.78, 5) is 26.0. The number of nitrogens with one attached hydrogen (secondary N) is 1. The van der Waals surface area contributed by atoms with Crippen molar-refractivity contribution in [2.45, 2.75) is 12.5 Å². The van der Waals surface area contributed by atoms with Gasteiger partial charge in [-0.1, -0.05) is 6.07 Å². The standard InChI is InChI=1S/C21H21FN2O4/c1-27-18-9-3-14(11-19(18)28-2)4-10-20(25)23-16-12-21(26)24(13-16)17-7-5-15(22)6-8-17/h3-11,16H,12-13H2,1-2H3,(H,23,25)/b10-4+. The Hall–Kier alpha value is -3.35. The zero-order chi connectivity index (χ0) is 20.1. The van der Waals surface area contributed by atoms with E-state index >= 15 is 0 Å². The number of methoxy groups -OCH3 is 2.